The van der Waals surface area contributed by atoms with Crippen LogP contribution in [0.3, 0.4) is 0 Å². The van der Waals surface area contributed by atoms with Crippen molar-refractivity contribution in [2.45, 2.75) is 25.8 Å². The summed E-state index contributed by atoms with van der Waals surface area (Å²) in [6.07, 6.45) is 3.32. The number of hydrogen-bond acceptors (Lipinski definition) is 3. The van der Waals surface area contributed by atoms with Crippen molar-refractivity contribution in [2.24, 2.45) is 5.73 Å². The molecule has 80 valence electrons. The van der Waals surface area contributed by atoms with Gasteiger partial charge in [-0.2, -0.15) is 0 Å². The third-order valence-corrected chi connectivity index (χ3v) is 2.15. The molecule has 0 radical (unpaired) electrons. The van der Waals surface area contributed by atoms with E-state index in [4.69, 9.17) is 10.5 Å². The summed E-state index contributed by atoms with van der Waals surface area (Å²) >= 11 is 0. The Balaban J connectivity index is 2.70. The number of rotatable bonds is 4. The van der Waals surface area contributed by atoms with Gasteiger partial charge in [-0.25, -0.2) is 4.98 Å². The summed E-state index contributed by atoms with van der Waals surface area (Å²) in [5.74, 6) is 6.45. The van der Waals surface area contributed by atoms with E-state index in [2.05, 4.69) is 16.8 Å². The van der Waals surface area contributed by atoms with E-state index in [-0.39, 0.29) is 6.04 Å². The molecule has 0 aromatic carbocycles. The van der Waals surface area contributed by atoms with Gasteiger partial charge in [0.25, 0.3) is 0 Å². The first-order valence-electron chi connectivity index (χ1n) is 4.93. The van der Waals surface area contributed by atoms with Gasteiger partial charge in [0, 0.05) is 24.2 Å². The van der Waals surface area contributed by atoms with Crippen LogP contribution in [0.5, 0.6) is 5.88 Å². The second-order valence-electron chi connectivity index (χ2n) is 3.17. The first kappa shape index (κ1) is 11.5. The van der Waals surface area contributed by atoms with Gasteiger partial charge in [0.2, 0.25) is 5.88 Å². The Kier molecular flexibility index (Phi) is 4.65. The fourth-order valence-corrected chi connectivity index (χ4v) is 1.36. The van der Waals surface area contributed by atoms with E-state index in [1.807, 2.05) is 19.1 Å². The molecule has 0 saturated heterocycles. The Morgan fingerprint density at radius 2 is 2.40 bits per heavy atom. The fraction of sp³-hybridized carbons (Fsp3) is 0.417. The maximum absolute atomic E-state index is 6.02. The van der Waals surface area contributed by atoms with Crippen molar-refractivity contribution in [3.05, 3.63) is 23.9 Å². The highest BCUT2D eigenvalue weighted by molar-refractivity contribution is 5.28. The van der Waals surface area contributed by atoms with Crippen LogP contribution in [0.2, 0.25) is 0 Å². The first-order valence-corrected chi connectivity index (χ1v) is 4.93. The van der Waals surface area contributed by atoms with Gasteiger partial charge in [-0.3, -0.25) is 0 Å². The van der Waals surface area contributed by atoms with Crippen molar-refractivity contribution < 1.29 is 4.74 Å². The Hall–Kier alpha value is -1.53. The van der Waals surface area contributed by atoms with Gasteiger partial charge >= 0.3 is 0 Å². The van der Waals surface area contributed by atoms with Crippen LogP contribution in [0.25, 0.3) is 0 Å². The normalized spacial score (nSPS) is 11.4. The molecule has 1 rings (SSSR count). The summed E-state index contributed by atoms with van der Waals surface area (Å²) in [4.78, 5) is 4.11. The molecule has 2 N–H and O–H groups in total. The lowest BCUT2D eigenvalue weighted by Crippen LogP contribution is -2.11. The molecule has 0 fully saturated rings. The lowest BCUT2D eigenvalue weighted by Gasteiger charge is -2.12. The van der Waals surface area contributed by atoms with Crippen LogP contribution >= 0.6 is 0 Å². The van der Waals surface area contributed by atoms with Gasteiger partial charge in [-0.1, -0.05) is 6.07 Å². The summed E-state index contributed by atoms with van der Waals surface area (Å²) < 4.78 is 5.15. The number of methoxy groups -OCH3 is 1. The lowest BCUT2D eigenvalue weighted by molar-refractivity contribution is 0.387. The molecule has 1 aromatic rings. The molecule has 0 spiro atoms. The van der Waals surface area contributed by atoms with Gasteiger partial charge in [-0.05, 0) is 19.4 Å². The number of aromatic nitrogens is 1. The fourth-order valence-electron chi connectivity index (χ4n) is 1.36. The van der Waals surface area contributed by atoms with Crippen molar-refractivity contribution in [1.82, 2.24) is 4.98 Å². The molecule has 1 unspecified atom stereocenters. The number of nitrogens with two attached hydrogens (primary N) is 1. The van der Waals surface area contributed by atoms with E-state index >= 15 is 0 Å². The second-order valence-corrected chi connectivity index (χ2v) is 3.17. The van der Waals surface area contributed by atoms with Gasteiger partial charge in [0.15, 0.2) is 0 Å². The van der Waals surface area contributed by atoms with E-state index in [1.54, 1.807) is 13.3 Å². The van der Waals surface area contributed by atoms with Crippen molar-refractivity contribution in [3.63, 3.8) is 0 Å². The molecule has 0 bridgehead atoms. The molecule has 15 heavy (non-hydrogen) atoms. The topological polar surface area (TPSA) is 48.1 Å². The Bertz CT molecular complexity index is 365. The van der Waals surface area contributed by atoms with Crippen molar-refractivity contribution in [3.8, 4) is 17.7 Å². The van der Waals surface area contributed by atoms with Crippen LogP contribution in [-0.2, 0) is 0 Å². The number of pyridine rings is 1. The molecular weight excluding hydrogens is 188 g/mol. The average Bonchev–Trinajstić information content (AvgIpc) is 2.29. The maximum atomic E-state index is 6.02. The minimum absolute atomic E-state index is 0.0606. The third kappa shape index (κ3) is 3.26. The Labute approximate surface area is 90.7 Å². The van der Waals surface area contributed by atoms with E-state index < -0.39 is 0 Å². The average molecular weight is 204 g/mol. The number of hydrogen-bond donors (Lipinski definition) is 1. The molecule has 3 nitrogen and oxygen atoms in total. The van der Waals surface area contributed by atoms with Crippen LogP contribution in [0.4, 0.5) is 0 Å². The molecule has 0 saturated carbocycles. The van der Waals surface area contributed by atoms with Crippen molar-refractivity contribution >= 4 is 0 Å². The van der Waals surface area contributed by atoms with Gasteiger partial charge in [0.05, 0.1) is 7.11 Å². The molecule has 1 aromatic heterocycles. The standard InChI is InChI=1S/C12H16N2O/c1-3-4-5-8-11(13)10-7-6-9-14-12(10)15-2/h6-7,9,11H,5,8,13H2,1-2H3. The highest BCUT2D eigenvalue weighted by Gasteiger charge is 2.11. The van der Waals surface area contributed by atoms with Gasteiger partial charge in [-0.15, -0.1) is 11.8 Å². The van der Waals surface area contributed by atoms with E-state index in [1.165, 1.54) is 0 Å². The monoisotopic (exact) mass is 204 g/mol. The Morgan fingerprint density at radius 3 is 3.07 bits per heavy atom. The molecule has 0 amide bonds. The smallest absolute Gasteiger partial charge is 0.217 e. The third-order valence-electron chi connectivity index (χ3n) is 2.15. The molecular formula is C12H16N2O. The van der Waals surface area contributed by atoms with Crippen molar-refractivity contribution in [1.29, 1.82) is 0 Å². The van der Waals surface area contributed by atoms with Crippen LogP contribution < -0.4 is 10.5 Å². The van der Waals surface area contributed by atoms with Crippen molar-refractivity contribution in [2.75, 3.05) is 7.11 Å². The summed E-state index contributed by atoms with van der Waals surface area (Å²) in [5, 5.41) is 0. The molecule has 0 aliphatic rings. The predicted molar refractivity (Wildman–Crippen MR) is 60.4 cm³/mol. The molecule has 1 heterocycles. The first-order chi connectivity index (χ1) is 7.29. The van der Waals surface area contributed by atoms with Crippen LogP contribution in [0.15, 0.2) is 18.3 Å². The molecule has 3 heteroatoms. The molecule has 0 aliphatic carbocycles. The zero-order valence-electron chi connectivity index (χ0n) is 9.16. The Morgan fingerprint density at radius 1 is 1.60 bits per heavy atom. The minimum Gasteiger partial charge on any atom is -0.481 e. The second kappa shape index (κ2) is 6.05. The summed E-state index contributed by atoms with van der Waals surface area (Å²) in [7, 11) is 1.60. The highest BCUT2D eigenvalue weighted by Crippen LogP contribution is 2.23. The lowest BCUT2D eigenvalue weighted by atomic mass is 10.0. The predicted octanol–water partition coefficient (Wildman–Crippen LogP) is 1.89. The summed E-state index contributed by atoms with van der Waals surface area (Å²) in [5.41, 5.74) is 6.97. The summed E-state index contributed by atoms with van der Waals surface area (Å²) in [6.45, 7) is 1.83. The molecule has 1 atom stereocenters. The molecule has 0 aliphatic heterocycles. The SMILES string of the molecule is CC#CCCC(N)c1cccnc1OC. The summed E-state index contributed by atoms with van der Waals surface area (Å²) in [6, 6.07) is 3.74. The minimum atomic E-state index is -0.0606. The zero-order valence-corrected chi connectivity index (χ0v) is 9.16. The highest BCUT2D eigenvalue weighted by atomic mass is 16.5. The number of nitrogens with zero attached hydrogens (tertiary/aromatic N) is 1. The number of ether oxygens (including phenoxy) is 1. The zero-order chi connectivity index (χ0) is 11.1. The van der Waals surface area contributed by atoms with E-state index in [9.17, 15) is 0 Å². The van der Waals surface area contributed by atoms with E-state index in [0.29, 0.717) is 5.88 Å². The van der Waals surface area contributed by atoms with Crippen LogP contribution in [0, 0.1) is 11.8 Å². The quantitative estimate of drug-likeness (QED) is 0.762. The largest absolute Gasteiger partial charge is 0.481 e. The van der Waals surface area contributed by atoms with Gasteiger partial charge in [0.1, 0.15) is 0 Å². The van der Waals surface area contributed by atoms with E-state index in [0.717, 1.165) is 18.4 Å². The van der Waals surface area contributed by atoms with Crippen LogP contribution in [0.1, 0.15) is 31.4 Å². The van der Waals surface area contributed by atoms with Crippen LogP contribution in [-0.4, -0.2) is 12.1 Å². The maximum Gasteiger partial charge on any atom is 0.217 e. The van der Waals surface area contributed by atoms with Gasteiger partial charge < -0.3 is 10.5 Å².